The first kappa shape index (κ1) is 28.2. The molecule has 0 fully saturated rings. The second kappa shape index (κ2) is 13.7. The van der Waals surface area contributed by atoms with Crippen LogP contribution in [-0.4, -0.2) is 44.2 Å². The van der Waals surface area contributed by atoms with Crippen LogP contribution in [0, 0.1) is 0 Å². The molecule has 0 spiro atoms. The Morgan fingerprint density at radius 2 is 1.43 bits per heavy atom. The summed E-state index contributed by atoms with van der Waals surface area (Å²) in [5.74, 6) is -0.0232. The van der Waals surface area contributed by atoms with Crippen molar-refractivity contribution in [1.29, 1.82) is 0 Å². The minimum atomic E-state index is -1.53. The summed E-state index contributed by atoms with van der Waals surface area (Å²) in [5, 5.41) is 8.16. The summed E-state index contributed by atoms with van der Waals surface area (Å²) >= 11 is 12.9. The molecule has 2 aromatic rings. The van der Waals surface area contributed by atoms with Gasteiger partial charge in [-0.05, 0) is 58.9 Å². The average Bonchev–Trinajstić information content (AvgIpc) is 2.82. The van der Waals surface area contributed by atoms with E-state index in [9.17, 15) is 9.59 Å². The van der Waals surface area contributed by atoms with Crippen LogP contribution in [0.4, 0.5) is 11.4 Å². The second-order valence-electron chi connectivity index (χ2n) is 6.91. The molecule has 9 nitrogen and oxygen atoms in total. The molecule has 0 saturated carbocycles. The lowest BCUT2D eigenvalue weighted by Gasteiger charge is -2.22. The summed E-state index contributed by atoms with van der Waals surface area (Å²) in [7, 11) is 0. The minimum Gasteiger partial charge on any atom is -0.491 e. The fourth-order valence-electron chi connectivity index (χ4n) is 3.03. The molecule has 0 radical (unpaired) electrons. The van der Waals surface area contributed by atoms with Crippen molar-refractivity contribution in [2.75, 3.05) is 30.8 Å². The van der Waals surface area contributed by atoms with E-state index in [1.54, 1.807) is 51.1 Å². The lowest BCUT2D eigenvalue weighted by Crippen LogP contribution is -2.36. The maximum absolute atomic E-state index is 13.2. The third-order valence-corrected chi connectivity index (χ3v) is 5.18. The van der Waals surface area contributed by atoms with Crippen LogP contribution in [0.15, 0.2) is 40.6 Å². The number of hydrogen-bond acceptors (Lipinski definition) is 8. The molecule has 0 heterocycles. The van der Waals surface area contributed by atoms with Crippen molar-refractivity contribution >= 4 is 46.4 Å². The van der Waals surface area contributed by atoms with Gasteiger partial charge in [0, 0.05) is 11.8 Å². The molecule has 1 unspecified atom stereocenters. The van der Waals surface area contributed by atoms with Gasteiger partial charge in [-0.3, -0.25) is 9.59 Å². The Labute approximate surface area is 215 Å². The first-order valence-electron chi connectivity index (χ1n) is 11.2. The molecule has 0 aromatic heterocycles. The topological polar surface area (TPSA) is 99.0 Å². The third-order valence-electron chi connectivity index (χ3n) is 4.48. The average molecular weight is 526 g/mol. The maximum atomic E-state index is 13.2. The van der Waals surface area contributed by atoms with Gasteiger partial charge < -0.3 is 18.9 Å². The number of carbonyl (C=O) groups excluding carboxylic acids is 2. The fourth-order valence-corrected chi connectivity index (χ4v) is 3.54. The quantitative estimate of drug-likeness (QED) is 0.176. The van der Waals surface area contributed by atoms with E-state index in [2.05, 4.69) is 10.2 Å². The summed E-state index contributed by atoms with van der Waals surface area (Å²) in [6.45, 7) is 9.85. The zero-order valence-corrected chi connectivity index (χ0v) is 21.9. The summed E-state index contributed by atoms with van der Waals surface area (Å²) in [5.41, 5.74) is 0.366. The van der Waals surface area contributed by atoms with Crippen molar-refractivity contribution in [1.82, 2.24) is 0 Å². The van der Waals surface area contributed by atoms with Crippen molar-refractivity contribution in [2.24, 2.45) is 10.2 Å². The van der Waals surface area contributed by atoms with Crippen molar-refractivity contribution in [3.8, 4) is 23.0 Å². The van der Waals surface area contributed by atoms with E-state index in [1.807, 2.05) is 6.92 Å². The van der Waals surface area contributed by atoms with E-state index in [0.29, 0.717) is 49.4 Å². The van der Waals surface area contributed by atoms with Crippen LogP contribution in [0.2, 0.25) is 5.02 Å². The van der Waals surface area contributed by atoms with Gasteiger partial charge in [0.05, 0.1) is 26.4 Å². The van der Waals surface area contributed by atoms with Gasteiger partial charge in [0.1, 0.15) is 27.9 Å². The highest BCUT2D eigenvalue weighted by molar-refractivity contribution is 6.40. The van der Waals surface area contributed by atoms with Crippen LogP contribution >= 0.6 is 23.4 Å². The number of Topliss-reactive ketones (excluding diaryl/α,β-unsaturated/α-hetero) is 1. The number of amides is 1. The molecular weight excluding hydrogens is 497 g/mol. The number of benzene rings is 2. The number of nitrogens with zero attached hydrogens (tertiary/aromatic N) is 3. The predicted octanol–water partition coefficient (Wildman–Crippen LogP) is 6.16. The number of halogens is 2. The molecule has 0 bridgehead atoms. The van der Waals surface area contributed by atoms with Crippen LogP contribution in [0.3, 0.4) is 0 Å². The molecule has 1 amide bonds. The zero-order chi connectivity index (χ0) is 26.0. The standard InChI is InChI=1S/C24H29Cl2N3O6/c1-6-32-17-11-10-12-18(33-7-2)22(17)29(26)24(31)21(15(5)30)28-27-16-13-14-19(34-8-3)23(20(16)25)35-9-4/h10-14,21H,6-9H2,1-5H3. The van der Waals surface area contributed by atoms with Crippen LogP contribution in [-0.2, 0) is 9.59 Å². The molecule has 35 heavy (non-hydrogen) atoms. The minimum absolute atomic E-state index is 0.138. The Hall–Kier alpha value is -3.04. The molecule has 1 atom stereocenters. The van der Waals surface area contributed by atoms with E-state index in [0.717, 1.165) is 4.42 Å². The van der Waals surface area contributed by atoms with Crippen LogP contribution in [0.1, 0.15) is 34.6 Å². The first-order valence-corrected chi connectivity index (χ1v) is 11.9. The monoisotopic (exact) mass is 525 g/mol. The molecule has 0 aliphatic carbocycles. The lowest BCUT2D eigenvalue weighted by molar-refractivity contribution is -0.126. The van der Waals surface area contributed by atoms with Crippen LogP contribution in [0.5, 0.6) is 23.0 Å². The van der Waals surface area contributed by atoms with E-state index < -0.39 is 17.7 Å². The van der Waals surface area contributed by atoms with Gasteiger partial charge in [0.25, 0.3) is 5.91 Å². The molecule has 11 heteroatoms. The van der Waals surface area contributed by atoms with Crippen molar-refractivity contribution < 1.29 is 28.5 Å². The van der Waals surface area contributed by atoms with Crippen molar-refractivity contribution in [3.63, 3.8) is 0 Å². The molecular formula is C24H29Cl2N3O6. The highest BCUT2D eigenvalue weighted by Crippen LogP contribution is 2.42. The molecule has 0 N–H and O–H groups in total. The number of ketones is 1. The van der Waals surface area contributed by atoms with Gasteiger partial charge in [0.2, 0.25) is 6.04 Å². The SMILES string of the molecule is CCOc1ccc(N=NC(C(C)=O)C(=O)N(Cl)c2c(OCC)cccc2OCC)c(Cl)c1OCC. The van der Waals surface area contributed by atoms with Crippen molar-refractivity contribution in [2.45, 2.75) is 40.7 Å². The van der Waals surface area contributed by atoms with Crippen LogP contribution in [0.25, 0.3) is 0 Å². The van der Waals surface area contributed by atoms with Gasteiger partial charge in [-0.2, -0.15) is 10.2 Å². The molecule has 0 aliphatic heterocycles. The number of rotatable bonds is 13. The van der Waals surface area contributed by atoms with Gasteiger partial charge in [-0.1, -0.05) is 17.7 Å². The molecule has 0 saturated heterocycles. The molecule has 2 rings (SSSR count). The Bertz CT molecular complexity index is 1040. The molecule has 0 aliphatic rings. The van der Waals surface area contributed by atoms with Gasteiger partial charge in [0.15, 0.2) is 17.3 Å². The van der Waals surface area contributed by atoms with E-state index >= 15 is 0 Å². The summed E-state index contributed by atoms with van der Waals surface area (Å²) in [6, 6.07) is 6.64. The predicted molar refractivity (Wildman–Crippen MR) is 135 cm³/mol. The van der Waals surface area contributed by atoms with E-state index in [1.165, 1.54) is 6.92 Å². The Morgan fingerprint density at radius 1 is 0.886 bits per heavy atom. The van der Waals surface area contributed by atoms with Gasteiger partial charge in [-0.15, -0.1) is 0 Å². The van der Waals surface area contributed by atoms with Crippen molar-refractivity contribution in [3.05, 3.63) is 35.4 Å². The molecule has 190 valence electrons. The third kappa shape index (κ3) is 6.99. The Morgan fingerprint density at radius 3 is 1.94 bits per heavy atom. The fraction of sp³-hybridized carbons (Fsp3) is 0.417. The summed E-state index contributed by atoms with van der Waals surface area (Å²) in [6.07, 6.45) is 0. The van der Waals surface area contributed by atoms with Gasteiger partial charge >= 0.3 is 0 Å². The first-order chi connectivity index (χ1) is 16.8. The number of hydrogen-bond donors (Lipinski definition) is 0. The lowest BCUT2D eigenvalue weighted by atomic mass is 10.2. The number of azo groups is 1. The highest BCUT2D eigenvalue weighted by Gasteiger charge is 2.32. The van der Waals surface area contributed by atoms with E-state index in [-0.39, 0.29) is 16.4 Å². The summed E-state index contributed by atoms with van der Waals surface area (Å²) < 4.78 is 23.1. The second-order valence-corrected chi connectivity index (χ2v) is 7.62. The van der Waals surface area contributed by atoms with Gasteiger partial charge in [-0.25, -0.2) is 4.42 Å². The largest absolute Gasteiger partial charge is 0.491 e. The zero-order valence-electron chi connectivity index (χ0n) is 20.3. The number of para-hydroxylation sites is 1. The highest BCUT2D eigenvalue weighted by atomic mass is 35.5. The number of ether oxygens (including phenoxy) is 4. The number of carbonyl (C=O) groups is 2. The van der Waals surface area contributed by atoms with Crippen LogP contribution < -0.4 is 23.4 Å². The Kier molecular flexibility index (Phi) is 11.1. The number of anilines is 1. The smallest absolute Gasteiger partial charge is 0.276 e. The Balaban J connectivity index is 2.44. The molecule has 2 aromatic carbocycles. The maximum Gasteiger partial charge on any atom is 0.276 e. The summed E-state index contributed by atoms with van der Waals surface area (Å²) in [4.78, 5) is 25.6. The normalized spacial score (nSPS) is 11.7. The van der Waals surface area contributed by atoms with E-state index in [4.69, 9.17) is 42.3 Å².